The SMILES string of the molecule is COc1ccccc1CNC(=O)c1cn[nH]n1. The van der Waals surface area contributed by atoms with Crippen LogP contribution in [0.5, 0.6) is 5.75 Å². The molecule has 0 bridgehead atoms. The summed E-state index contributed by atoms with van der Waals surface area (Å²) in [7, 11) is 1.60. The van der Waals surface area contributed by atoms with E-state index in [1.54, 1.807) is 7.11 Å². The number of amides is 1. The molecular formula is C11H12N4O2. The van der Waals surface area contributed by atoms with Crippen LogP contribution in [-0.2, 0) is 6.54 Å². The first kappa shape index (κ1) is 11.1. The lowest BCUT2D eigenvalue weighted by Gasteiger charge is -2.08. The minimum atomic E-state index is -0.273. The average Bonchev–Trinajstić information content (AvgIpc) is 2.90. The first-order valence-electron chi connectivity index (χ1n) is 5.07. The number of methoxy groups -OCH3 is 1. The largest absolute Gasteiger partial charge is 0.496 e. The van der Waals surface area contributed by atoms with Gasteiger partial charge in [0.05, 0.1) is 13.3 Å². The zero-order valence-corrected chi connectivity index (χ0v) is 9.30. The van der Waals surface area contributed by atoms with Crippen LogP contribution >= 0.6 is 0 Å². The first-order chi connectivity index (χ1) is 8.31. The molecular weight excluding hydrogens is 220 g/mol. The molecule has 1 heterocycles. The highest BCUT2D eigenvalue weighted by molar-refractivity contribution is 5.91. The van der Waals surface area contributed by atoms with Gasteiger partial charge in [-0.25, -0.2) is 0 Å². The van der Waals surface area contributed by atoms with Crippen molar-refractivity contribution in [1.29, 1.82) is 0 Å². The summed E-state index contributed by atoms with van der Waals surface area (Å²) in [6, 6.07) is 7.50. The van der Waals surface area contributed by atoms with Gasteiger partial charge in [0.25, 0.3) is 5.91 Å². The van der Waals surface area contributed by atoms with Gasteiger partial charge in [-0.1, -0.05) is 18.2 Å². The highest BCUT2D eigenvalue weighted by Crippen LogP contribution is 2.16. The molecule has 2 N–H and O–H groups in total. The summed E-state index contributed by atoms with van der Waals surface area (Å²) in [5.74, 6) is 0.470. The van der Waals surface area contributed by atoms with Crippen molar-refractivity contribution in [2.45, 2.75) is 6.54 Å². The Kier molecular flexibility index (Phi) is 3.34. The van der Waals surface area contributed by atoms with E-state index in [0.717, 1.165) is 11.3 Å². The van der Waals surface area contributed by atoms with Crippen LogP contribution in [0, 0.1) is 0 Å². The Bertz CT molecular complexity index is 496. The molecule has 0 aliphatic heterocycles. The van der Waals surface area contributed by atoms with Gasteiger partial charge in [0.15, 0.2) is 5.69 Å². The molecule has 1 aromatic heterocycles. The number of rotatable bonds is 4. The van der Waals surface area contributed by atoms with Crippen molar-refractivity contribution < 1.29 is 9.53 Å². The molecule has 0 aliphatic rings. The van der Waals surface area contributed by atoms with Gasteiger partial charge in [0.2, 0.25) is 0 Å². The van der Waals surface area contributed by atoms with E-state index in [1.807, 2.05) is 24.3 Å². The van der Waals surface area contributed by atoms with Crippen LogP contribution in [-0.4, -0.2) is 28.4 Å². The van der Waals surface area contributed by atoms with Crippen molar-refractivity contribution >= 4 is 5.91 Å². The Morgan fingerprint density at radius 1 is 1.47 bits per heavy atom. The Morgan fingerprint density at radius 3 is 3.00 bits per heavy atom. The van der Waals surface area contributed by atoms with Gasteiger partial charge >= 0.3 is 0 Å². The van der Waals surface area contributed by atoms with Crippen molar-refractivity contribution in [2.24, 2.45) is 0 Å². The fourth-order valence-electron chi connectivity index (χ4n) is 1.43. The maximum absolute atomic E-state index is 11.6. The lowest BCUT2D eigenvalue weighted by atomic mass is 10.2. The smallest absolute Gasteiger partial charge is 0.273 e. The number of carbonyl (C=O) groups is 1. The molecule has 1 aromatic carbocycles. The predicted octanol–water partition coefficient (Wildman–Crippen LogP) is 0.743. The Labute approximate surface area is 98.0 Å². The molecule has 0 fully saturated rings. The highest BCUT2D eigenvalue weighted by Gasteiger charge is 2.09. The van der Waals surface area contributed by atoms with E-state index >= 15 is 0 Å². The highest BCUT2D eigenvalue weighted by atomic mass is 16.5. The van der Waals surface area contributed by atoms with Gasteiger partial charge in [0.1, 0.15) is 5.75 Å². The van der Waals surface area contributed by atoms with Crippen LogP contribution in [0.1, 0.15) is 16.1 Å². The van der Waals surface area contributed by atoms with Crippen molar-refractivity contribution in [3.63, 3.8) is 0 Å². The summed E-state index contributed by atoms with van der Waals surface area (Å²) < 4.78 is 5.18. The van der Waals surface area contributed by atoms with Crippen molar-refractivity contribution in [3.05, 3.63) is 41.7 Å². The average molecular weight is 232 g/mol. The number of nitrogens with one attached hydrogen (secondary N) is 2. The monoisotopic (exact) mass is 232 g/mol. The topological polar surface area (TPSA) is 79.9 Å². The molecule has 2 aromatic rings. The summed E-state index contributed by atoms with van der Waals surface area (Å²) in [5, 5.41) is 12.4. The number of aromatic nitrogens is 3. The lowest BCUT2D eigenvalue weighted by molar-refractivity contribution is 0.0945. The summed E-state index contributed by atoms with van der Waals surface area (Å²) in [5.41, 5.74) is 1.17. The van der Waals surface area contributed by atoms with Crippen LogP contribution in [0.4, 0.5) is 0 Å². The van der Waals surface area contributed by atoms with Gasteiger partial charge in [-0.15, -0.1) is 0 Å². The van der Waals surface area contributed by atoms with Gasteiger partial charge in [-0.3, -0.25) is 4.79 Å². The molecule has 2 rings (SSSR count). The van der Waals surface area contributed by atoms with Crippen LogP contribution in [0.25, 0.3) is 0 Å². The van der Waals surface area contributed by atoms with Crippen molar-refractivity contribution in [2.75, 3.05) is 7.11 Å². The number of carbonyl (C=O) groups excluding carboxylic acids is 1. The number of benzene rings is 1. The van der Waals surface area contributed by atoms with E-state index in [4.69, 9.17) is 4.74 Å². The van der Waals surface area contributed by atoms with Gasteiger partial charge in [0, 0.05) is 12.1 Å². The Balaban J connectivity index is 2.00. The Hall–Kier alpha value is -2.37. The van der Waals surface area contributed by atoms with Crippen LogP contribution in [0.2, 0.25) is 0 Å². The molecule has 6 nitrogen and oxygen atoms in total. The second-order valence-electron chi connectivity index (χ2n) is 3.35. The van der Waals surface area contributed by atoms with Crippen LogP contribution in [0.15, 0.2) is 30.5 Å². The lowest BCUT2D eigenvalue weighted by Crippen LogP contribution is -2.23. The quantitative estimate of drug-likeness (QED) is 0.815. The fraction of sp³-hybridized carbons (Fsp3) is 0.182. The third-order valence-electron chi connectivity index (χ3n) is 2.28. The molecule has 0 unspecified atom stereocenters. The van der Waals surface area contributed by atoms with E-state index in [9.17, 15) is 4.79 Å². The summed E-state index contributed by atoms with van der Waals surface area (Å²) in [4.78, 5) is 11.6. The van der Waals surface area contributed by atoms with Crippen LogP contribution in [0.3, 0.4) is 0 Å². The standard InChI is InChI=1S/C11H12N4O2/c1-17-10-5-3-2-4-8(10)6-12-11(16)9-7-13-15-14-9/h2-5,7H,6H2,1H3,(H,12,16)(H,13,14,15). The third-order valence-corrected chi connectivity index (χ3v) is 2.28. The summed E-state index contributed by atoms with van der Waals surface area (Å²) in [6.45, 7) is 0.385. The van der Waals surface area contributed by atoms with E-state index in [0.29, 0.717) is 6.54 Å². The van der Waals surface area contributed by atoms with E-state index < -0.39 is 0 Å². The van der Waals surface area contributed by atoms with Crippen LogP contribution < -0.4 is 10.1 Å². The molecule has 6 heteroatoms. The van der Waals surface area contributed by atoms with Gasteiger partial charge in [-0.2, -0.15) is 15.4 Å². The Morgan fingerprint density at radius 2 is 2.29 bits per heavy atom. The van der Waals surface area contributed by atoms with Gasteiger partial charge < -0.3 is 10.1 Å². The molecule has 0 saturated heterocycles. The van der Waals surface area contributed by atoms with E-state index in [-0.39, 0.29) is 11.6 Å². The third kappa shape index (κ3) is 2.60. The molecule has 88 valence electrons. The second-order valence-corrected chi connectivity index (χ2v) is 3.35. The number of hydrogen-bond donors (Lipinski definition) is 2. The molecule has 0 atom stereocenters. The minimum absolute atomic E-state index is 0.264. The molecule has 0 aliphatic carbocycles. The van der Waals surface area contributed by atoms with E-state index in [2.05, 4.69) is 20.7 Å². The maximum atomic E-state index is 11.6. The van der Waals surface area contributed by atoms with Gasteiger partial charge in [-0.05, 0) is 6.07 Å². The van der Waals surface area contributed by atoms with Crippen molar-refractivity contribution in [1.82, 2.24) is 20.7 Å². The fourth-order valence-corrected chi connectivity index (χ4v) is 1.43. The number of para-hydroxylation sites is 1. The predicted molar refractivity (Wildman–Crippen MR) is 60.5 cm³/mol. The van der Waals surface area contributed by atoms with E-state index in [1.165, 1.54) is 6.20 Å². The van der Waals surface area contributed by atoms with Crippen molar-refractivity contribution in [3.8, 4) is 5.75 Å². The zero-order chi connectivity index (χ0) is 12.1. The number of H-pyrrole nitrogens is 1. The molecule has 0 radical (unpaired) electrons. The zero-order valence-electron chi connectivity index (χ0n) is 9.30. The molecule has 17 heavy (non-hydrogen) atoms. The minimum Gasteiger partial charge on any atom is -0.496 e. The molecule has 1 amide bonds. The number of hydrogen-bond acceptors (Lipinski definition) is 4. The first-order valence-corrected chi connectivity index (χ1v) is 5.07. The number of aromatic amines is 1. The second kappa shape index (κ2) is 5.11. The molecule has 0 saturated carbocycles. The normalized spacial score (nSPS) is 9.94. The number of nitrogens with zero attached hydrogens (tertiary/aromatic N) is 2. The summed E-state index contributed by atoms with van der Waals surface area (Å²) in [6.07, 6.45) is 1.37. The molecule has 0 spiro atoms. The summed E-state index contributed by atoms with van der Waals surface area (Å²) >= 11 is 0. The maximum Gasteiger partial charge on any atom is 0.273 e. The number of ether oxygens (including phenoxy) is 1.